The molecule has 5 nitrogen and oxygen atoms in total. The molecule has 0 amide bonds. The maximum Gasteiger partial charge on any atom is 0.246 e. The number of aryl methyl sites for hydroxylation is 1. The molecule has 1 aliphatic heterocycles. The molecule has 0 radical (unpaired) electrons. The molecule has 1 fully saturated rings. The average Bonchev–Trinajstić information content (AvgIpc) is 2.90. The summed E-state index contributed by atoms with van der Waals surface area (Å²) in [6, 6.07) is 8.06. The Hall–Kier alpha value is -1.43. The van der Waals surface area contributed by atoms with Crippen LogP contribution in [0.3, 0.4) is 0 Å². The van der Waals surface area contributed by atoms with Gasteiger partial charge in [-0.25, -0.2) is 0 Å². The summed E-state index contributed by atoms with van der Waals surface area (Å²) < 4.78 is 10.7. The summed E-state index contributed by atoms with van der Waals surface area (Å²) >= 11 is 0. The van der Waals surface area contributed by atoms with E-state index in [-0.39, 0.29) is 18.4 Å². The first-order valence-electron chi connectivity index (χ1n) is 6.05. The fourth-order valence-electron chi connectivity index (χ4n) is 1.92. The molecule has 0 saturated carbocycles. The molecule has 1 N–H and O–H groups in total. The summed E-state index contributed by atoms with van der Waals surface area (Å²) in [6.45, 7) is 4.17. The van der Waals surface area contributed by atoms with Gasteiger partial charge in [-0.3, -0.25) is 0 Å². The molecule has 6 heteroatoms. The third-order valence-electron chi connectivity index (χ3n) is 2.97. The zero-order valence-corrected chi connectivity index (χ0v) is 11.4. The number of nitrogens with one attached hydrogen (secondary N) is 1. The normalized spacial score (nSPS) is 18.9. The SMILES string of the molecule is Cc1ccc(-c2noc(C3COCCN3)n2)cc1.Cl. The monoisotopic (exact) mass is 281 g/mol. The van der Waals surface area contributed by atoms with E-state index < -0.39 is 0 Å². The van der Waals surface area contributed by atoms with Gasteiger partial charge in [0.1, 0.15) is 6.04 Å². The maximum absolute atomic E-state index is 5.38. The summed E-state index contributed by atoms with van der Waals surface area (Å²) in [4.78, 5) is 4.41. The molecule has 1 aliphatic rings. The lowest BCUT2D eigenvalue weighted by Crippen LogP contribution is -2.34. The maximum atomic E-state index is 5.38. The predicted molar refractivity (Wildman–Crippen MR) is 73.3 cm³/mol. The first-order valence-corrected chi connectivity index (χ1v) is 6.05. The molecular formula is C13H16ClN3O2. The molecule has 1 atom stereocenters. The van der Waals surface area contributed by atoms with Crippen LogP contribution in [0.4, 0.5) is 0 Å². The molecule has 2 aromatic rings. The van der Waals surface area contributed by atoms with Crippen molar-refractivity contribution in [1.29, 1.82) is 0 Å². The van der Waals surface area contributed by atoms with Crippen LogP contribution >= 0.6 is 12.4 Å². The highest BCUT2D eigenvalue weighted by molar-refractivity contribution is 5.85. The van der Waals surface area contributed by atoms with E-state index >= 15 is 0 Å². The van der Waals surface area contributed by atoms with Gasteiger partial charge in [0.05, 0.1) is 13.2 Å². The molecule has 1 aromatic heterocycles. The first kappa shape index (κ1) is 14.0. The predicted octanol–water partition coefficient (Wildman–Crippen LogP) is 2.13. The van der Waals surface area contributed by atoms with Gasteiger partial charge in [0.15, 0.2) is 0 Å². The van der Waals surface area contributed by atoms with Crippen LogP contribution in [-0.4, -0.2) is 29.9 Å². The lowest BCUT2D eigenvalue weighted by molar-refractivity contribution is 0.0659. The second-order valence-electron chi connectivity index (χ2n) is 4.40. The zero-order valence-electron chi connectivity index (χ0n) is 10.6. The molecule has 0 bridgehead atoms. The van der Waals surface area contributed by atoms with Crippen LogP contribution in [0, 0.1) is 6.92 Å². The quantitative estimate of drug-likeness (QED) is 0.914. The highest BCUT2D eigenvalue weighted by Gasteiger charge is 2.21. The lowest BCUT2D eigenvalue weighted by Gasteiger charge is -2.20. The highest BCUT2D eigenvalue weighted by atomic mass is 35.5. The van der Waals surface area contributed by atoms with Crippen LogP contribution in [0.15, 0.2) is 28.8 Å². The second kappa shape index (κ2) is 6.14. The number of benzene rings is 1. The van der Waals surface area contributed by atoms with Gasteiger partial charge in [-0.1, -0.05) is 35.0 Å². The van der Waals surface area contributed by atoms with E-state index in [1.165, 1.54) is 5.56 Å². The smallest absolute Gasteiger partial charge is 0.246 e. The van der Waals surface area contributed by atoms with Gasteiger partial charge in [-0.05, 0) is 6.92 Å². The van der Waals surface area contributed by atoms with Crippen LogP contribution in [0.25, 0.3) is 11.4 Å². The highest BCUT2D eigenvalue weighted by Crippen LogP contribution is 2.20. The van der Waals surface area contributed by atoms with E-state index in [2.05, 4.69) is 22.4 Å². The van der Waals surface area contributed by atoms with Crippen LogP contribution in [0.2, 0.25) is 0 Å². The Balaban J connectivity index is 0.00000133. The molecule has 0 spiro atoms. The molecule has 2 heterocycles. The van der Waals surface area contributed by atoms with Crippen molar-refractivity contribution in [3.8, 4) is 11.4 Å². The van der Waals surface area contributed by atoms with E-state index in [1.807, 2.05) is 24.3 Å². The summed E-state index contributed by atoms with van der Waals surface area (Å²) in [7, 11) is 0. The molecule has 1 aromatic carbocycles. The number of aromatic nitrogens is 2. The van der Waals surface area contributed by atoms with Gasteiger partial charge in [0.2, 0.25) is 11.7 Å². The van der Waals surface area contributed by atoms with Crippen LogP contribution in [0.1, 0.15) is 17.5 Å². The second-order valence-corrected chi connectivity index (χ2v) is 4.40. The van der Waals surface area contributed by atoms with Crippen molar-refractivity contribution in [2.45, 2.75) is 13.0 Å². The van der Waals surface area contributed by atoms with Crippen molar-refractivity contribution in [2.75, 3.05) is 19.8 Å². The van der Waals surface area contributed by atoms with Crippen molar-refractivity contribution in [3.63, 3.8) is 0 Å². The zero-order chi connectivity index (χ0) is 12.4. The lowest BCUT2D eigenvalue weighted by atomic mass is 10.1. The fourth-order valence-corrected chi connectivity index (χ4v) is 1.92. The van der Waals surface area contributed by atoms with Gasteiger partial charge in [0.25, 0.3) is 0 Å². The average molecular weight is 282 g/mol. The van der Waals surface area contributed by atoms with Crippen molar-refractivity contribution in [2.24, 2.45) is 0 Å². The Labute approximate surface area is 117 Å². The fraction of sp³-hybridized carbons (Fsp3) is 0.385. The van der Waals surface area contributed by atoms with Crippen molar-refractivity contribution < 1.29 is 9.26 Å². The van der Waals surface area contributed by atoms with Gasteiger partial charge >= 0.3 is 0 Å². The first-order chi connectivity index (χ1) is 8.83. The third kappa shape index (κ3) is 3.12. The largest absolute Gasteiger partial charge is 0.378 e. The van der Waals surface area contributed by atoms with Crippen molar-refractivity contribution in [3.05, 3.63) is 35.7 Å². The molecule has 0 aliphatic carbocycles. The Morgan fingerprint density at radius 3 is 2.74 bits per heavy atom. The Morgan fingerprint density at radius 2 is 2.05 bits per heavy atom. The van der Waals surface area contributed by atoms with Gasteiger partial charge in [0, 0.05) is 12.1 Å². The molecule has 1 saturated heterocycles. The van der Waals surface area contributed by atoms with Crippen LogP contribution in [0.5, 0.6) is 0 Å². The van der Waals surface area contributed by atoms with E-state index in [0.29, 0.717) is 18.3 Å². The number of rotatable bonds is 2. The number of halogens is 1. The molecule has 102 valence electrons. The Bertz CT molecular complexity index is 521. The minimum atomic E-state index is 0. The molecule has 3 rings (SSSR count). The van der Waals surface area contributed by atoms with Gasteiger partial charge in [-0.15, -0.1) is 12.4 Å². The summed E-state index contributed by atoms with van der Waals surface area (Å²) in [5, 5.41) is 7.30. The Morgan fingerprint density at radius 1 is 1.26 bits per heavy atom. The van der Waals surface area contributed by atoms with Gasteiger partial charge < -0.3 is 14.6 Å². The summed E-state index contributed by atoms with van der Waals surface area (Å²) in [6.07, 6.45) is 0. The van der Waals surface area contributed by atoms with Crippen LogP contribution < -0.4 is 5.32 Å². The third-order valence-corrected chi connectivity index (χ3v) is 2.97. The molecule has 19 heavy (non-hydrogen) atoms. The number of ether oxygens (including phenoxy) is 1. The molecule has 1 unspecified atom stereocenters. The van der Waals surface area contributed by atoms with Crippen LogP contribution in [-0.2, 0) is 4.74 Å². The Kier molecular flexibility index (Phi) is 4.52. The summed E-state index contributed by atoms with van der Waals surface area (Å²) in [5.41, 5.74) is 2.18. The van der Waals surface area contributed by atoms with E-state index in [4.69, 9.17) is 9.26 Å². The number of hydrogen-bond acceptors (Lipinski definition) is 5. The number of morpholine rings is 1. The van der Waals surface area contributed by atoms with E-state index in [0.717, 1.165) is 18.7 Å². The molecular weight excluding hydrogens is 266 g/mol. The van der Waals surface area contributed by atoms with Crippen molar-refractivity contribution >= 4 is 12.4 Å². The number of nitrogens with zero attached hydrogens (tertiary/aromatic N) is 2. The minimum Gasteiger partial charge on any atom is -0.378 e. The number of hydrogen-bond donors (Lipinski definition) is 1. The summed E-state index contributed by atoms with van der Waals surface area (Å²) in [5.74, 6) is 1.21. The standard InChI is InChI=1S/C13H15N3O2.ClH/c1-9-2-4-10(5-3-9)12-15-13(18-16-12)11-8-17-7-6-14-11;/h2-5,11,14H,6-8H2,1H3;1H. The van der Waals surface area contributed by atoms with Gasteiger partial charge in [-0.2, -0.15) is 4.98 Å². The minimum absolute atomic E-state index is 0. The van der Waals surface area contributed by atoms with E-state index in [1.54, 1.807) is 0 Å². The topological polar surface area (TPSA) is 60.2 Å². The van der Waals surface area contributed by atoms with E-state index in [9.17, 15) is 0 Å². The van der Waals surface area contributed by atoms with Crippen molar-refractivity contribution in [1.82, 2.24) is 15.5 Å².